The molecule has 0 spiro atoms. The van der Waals surface area contributed by atoms with E-state index in [9.17, 15) is 9.59 Å². The first-order valence-electron chi connectivity index (χ1n) is 12.5. The third-order valence-electron chi connectivity index (χ3n) is 7.22. The normalized spacial score (nSPS) is 18.7. The van der Waals surface area contributed by atoms with Crippen molar-refractivity contribution in [3.63, 3.8) is 0 Å². The Hall–Kier alpha value is -3.75. The fraction of sp³-hybridized carbons (Fsp3) is 0.276. The van der Waals surface area contributed by atoms with Crippen molar-refractivity contribution >= 4 is 44.7 Å². The van der Waals surface area contributed by atoms with Gasteiger partial charge in [0.2, 0.25) is 5.91 Å². The molecule has 37 heavy (non-hydrogen) atoms. The van der Waals surface area contributed by atoms with Crippen molar-refractivity contribution in [2.45, 2.75) is 19.4 Å². The van der Waals surface area contributed by atoms with Crippen LogP contribution in [0.2, 0.25) is 0 Å². The number of benzene rings is 3. The summed E-state index contributed by atoms with van der Waals surface area (Å²) in [5, 5.41) is 0.928. The van der Waals surface area contributed by atoms with Crippen LogP contribution >= 0.6 is 11.3 Å². The van der Waals surface area contributed by atoms with Crippen LogP contribution in [0.1, 0.15) is 12.0 Å². The third-order valence-corrected chi connectivity index (χ3v) is 8.29. The van der Waals surface area contributed by atoms with Gasteiger partial charge in [0.25, 0.3) is 5.91 Å². The fourth-order valence-electron chi connectivity index (χ4n) is 5.25. The van der Waals surface area contributed by atoms with Gasteiger partial charge in [-0.05, 0) is 61.0 Å². The number of hydrogen-bond acceptors (Lipinski definition) is 7. The molecule has 1 atom stereocenters. The Bertz CT molecular complexity index is 1470. The van der Waals surface area contributed by atoms with Gasteiger partial charge in [-0.1, -0.05) is 18.2 Å². The highest BCUT2D eigenvalue weighted by atomic mass is 32.1. The summed E-state index contributed by atoms with van der Waals surface area (Å²) in [4.78, 5) is 36.9. The number of piperazine rings is 1. The van der Waals surface area contributed by atoms with E-state index in [-0.39, 0.29) is 18.2 Å². The van der Waals surface area contributed by atoms with Crippen molar-refractivity contribution in [3.8, 4) is 16.3 Å². The molecule has 2 amide bonds. The number of rotatable bonds is 5. The van der Waals surface area contributed by atoms with Crippen LogP contribution in [0.3, 0.4) is 0 Å². The zero-order valence-corrected chi connectivity index (χ0v) is 21.7. The predicted molar refractivity (Wildman–Crippen MR) is 147 cm³/mol. The van der Waals surface area contributed by atoms with E-state index in [1.807, 2.05) is 48.5 Å². The number of para-hydroxylation sites is 2. The van der Waals surface area contributed by atoms with Crippen molar-refractivity contribution in [3.05, 3.63) is 72.3 Å². The molecule has 3 aromatic carbocycles. The first-order valence-corrected chi connectivity index (χ1v) is 13.3. The summed E-state index contributed by atoms with van der Waals surface area (Å²) in [6.45, 7) is 5.05. The number of fused-ring (bicyclic) bond motifs is 1. The monoisotopic (exact) mass is 512 g/mol. The van der Waals surface area contributed by atoms with E-state index < -0.39 is 6.04 Å². The van der Waals surface area contributed by atoms with Crippen LogP contribution < -0.4 is 14.5 Å². The summed E-state index contributed by atoms with van der Waals surface area (Å²) >= 11 is 1.65. The number of nitrogens with zero attached hydrogens (tertiary/aromatic N) is 4. The average Bonchev–Trinajstić information content (AvgIpc) is 3.48. The van der Waals surface area contributed by atoms with E-state index in [1.165, 1.54) is 10.5 Å². The lowest BCUT2D eigenvalue weighted by Gasteiger charge is -2.38. The summed E-state index contributed by atoms with van der Waals surface area (Å²) in [5.41, 5.74) is 4.84. The number of amides is 2. The highest BCUT2D eigenvalue weighted by Crippen LogP contribution is 2.34. The van der Waals surface area contributed by atoms with E-state index >= 15 is 0 Å². The second-order valence-corrected chi connectivity index (χ2v) is 10.5. The molecule has 0 N–H and O–H groups in total. The minimum absolute atomic E-state index is 0.140. The maximum absolute atomic E-state index is 13.4. The van der Waals surface area contributed by atoms with Crippen LogP contribution in [-0.4, -0.2) is 61.0 Å². The van der Waals surface area contributed by atoms with E-state index in [0.717, 1.165) is 45.3 Å². The molecule has 7 nitrogen and oxygen atoms in total. The van der Waals surface area contributed by atoms with Crippen molar-refractivity contribution in [1.82, 2.24) is 9.88 Å². The molecule has 2 aliphatic heterocycles. The number of imide groups is 1. The van der Waals surface area contributed by atoms with Crippen molar-refractivity contribution in [1.29, 1.82) is 0 Å². The molecule has 2 aliphatic rings. The Kier molecular flexibility index (Phi) is 6.14. The molecular weight excluding hydrogens is 484 g/mol. The fourth-order valence-corrected chi connectivity index (χ4v) is 6.32. The van der Waals surface area contributed by atoms with E-state index in [1.54, 1.807) is 18.4 Å². The lowest BCUT2D eigenvalue weighted by Crippen LogP contribution is -2.52. The number of methoxy groups -OCH3 is 1. The number of hydrogen-bond donors (Lipinski definition) is 0. The molecular formula is C29H28N4O3S. The number of anilines is 2. The van der Waals surface area contributed by atoms with Gasteiger partial charge in [-0.25, -0.2) is 9.88 Å². The summed E-state index contributed by atoms with van der Waals surface area (Å²) in [5.74, 6) is 0.558. The largest absolute Gasteiger partial charge is 0.495 e. The van der Waals surface area contributed by atoms with Gasteiger partial charge in [0.1, 0.15) is 10.8 Å². The molecule has 0 aliphatic carbocycles. The van der Waals surface area contributed by atoms with Crippen molar-refractivity contribution in [2.75, 3.05) is 43.1 Å². The molecule has 3 heterocycles. The first kappa shape index (κ1) is 23.6. The standard InChI is InChI=1S/C29H28N4O3S/c1-19-7-12-22-26(17-19)37-28(30-22)20-8-10-21(11-9-20)33-27(34)18-24(29(33)35)32-15-13-31(14-16-32)23-5-3-4-6-25(23)36-2/h3-12,17,24H,13-16,18H2,1-2H3. The molecule has 4 aromatic rings. The van der Waals surface area contributed by atoms with Gasteiger partial charge in [0.15, 0.2) is 0 Å². The van der Waals surface area contributed by atoms with Crippen LogP contribution in [0.5, 0.6) is 5.75 Å². The number of ether oxygens (including phenoxy) is 1. The minimum Gasteiger partial charge on any atom is -0.495 e. The van der Waals surface area contributed by atoms with Gasteiger partial charge in [-0.15, -0.1) is 11.3 Å². The maximum Gasteiger partial charge on any atom is 0.251 e. The smallest absolute Gasteiger partial charge is 0.251 e. The maximum atomic E-state index is 13.4. The highest BCUT2D eigenvalue weighted by molar-refractivity contribution is 7.21. The lowest BCUT2D eigenvalue weighted by atomic mass is 10.1. The Balaban J connectivity index is 1.15. The van der Waals surface area contributed by atoms with Crippen LogP contribution in [0.15, 0.2) is 66.7 Å². The van der Waals surface area contributed by atoms with E-state index in [4.69, 9.17) is 9.72 Å². The topological polar surface area (TPSA) is 66.0 Å². The Labute approximate surface area is 219 Å². The third kappa shape index (κ3) is 4.36. The Morgan fingerprint density at radius 1 is 0.946 bits per heavy atom. The molecule has 6 rings (SSSR count). The Morgan fingerprint density at radius 3 is 2.46 bits per heavy atom. The van der Waals surface area contributed by atoms with E-state index in [0.29, 0.717) is 18.8 Å². The molecule has 2 saturated heterocycles. The highest BCUT2D eigenvalue weighted by Gasteiger charge is 2.43. The summed E-state index contributed by atoms with van der Waals surface area (Å²) < 4.78 is 6.66. The summed E-state index contributed by atoms with van der Waals surface area (Å²) in [6.07, 6.45) is 0.215. The molecule has 1 unspecified atom stereocenters. The van der Waals surface area contributed by atoms with Crippen LogP contribution in [0.25, 0.3) is 20.8 Å². The molecule has 2 fully saturated rings. The first-order chi connectivity index (χ1) is 18.0. The number of aromatic nitrogens is 1. The number of carbonyl (C=O) groups is 2. The molecule has 0 saturated carbocycles. The number of aryl methyl sites for hydroxylation is 1. The second kappa shape index (κ2) is 9.61. The zero-order chi connectivity index (χ0) is 25.5. The number of thiazole rings is 1. The Morgan fingerprint density at radius 2 is 1.70 bits per heavy atom. The average molecular weight is 513 g/mol. The molecule has 8 heteroatoms. The van der Waals surface area contributed by atoms with E-state index in [2.05, 4.69) is 34.9 Å². The summed E-state index contributed by atoms with van der Waals surface area (Å²) in [6, 6.07) is 21.4. The molecule has 0 bridgehead atoms. The second-order valence-electron chi connectivity index (χ2n) is 9.52. The van der Waals surface area contributed by atoms with Gasteiger partial charge < -0.3 is 9.64 Å². The van der Waals surface area contributed by atoms with Crippen molar-refractivity contribution < 1.29 is 14.3 Å². The van der Waals surface area contributed by atoms with Crippen LogP contribution in [0, 0.1) is 6.92 Å². The molecule has 188 valence electrons. The van der Waals surface area contributed by atoms with Crippen LogP contribution in [0.4, 0.5) is 11.4 Å². The van der Waals surface area contributed by atoms with Gasteiger partial charge in [0.05, 0.1) is 41.2 Å². The predicted octanol–water partition coefficient (Wildman–Crippen LogP) is 4.73. The van der Waals surface area contributed by atoms with Crippen LogP contribution in [-0.2, 0) is 9.59 Å². The quantitative estimate of drug-likeness (QED) is 0.360. The SMILES string of the molecule is COc1ccccc1N1CCN(C2CC(=O)N(c3ccc(-c4nc5ccc(C)cc5s4)cc3)C2=O)CC1. The molecule has 1 aromatic heterocycles. The van der Waals surface area contributed by atoms with Gasteiger partial charge in [-0.3, -0.25) is 14.5 Å². The summed E-state index contributed by atoms with van der Waals surface area (Å²) in [7, 11) is 1.68. The minimum atomic E-state index is -0.417. The van der Waals surface area contributed by atoms with Gasteiger partial charge in [-0.2, -0.15) is 0 Å². The zero-order valence-electron chi connectivity index (χ0n) is 20.9. The number of carbonyl (C=O) groups excluding carboxylic acids is 2. The lowest BCUT2D eigenvalue weighted by molar-refractivity contribution is -0.123. The van der Waals surface area contributed by atoms with Gasteiger partial charge in [0, 0.05) is 31.7 Å². The van der Waals surface area contributed by atoms with Gasteiger partial charge >= 0.3 is 0 Å². The van der Waals surface area contributed by atoms with Crippen molar-refractivity contribution in [2.24, 2.45) is 0 Å². The molecule has 0 radical (unpaired) electrons.